The van der Waals surface area contributed by atoms with E-state index in [0.717, 1.165) is 11.1 Å². The van der Waals surface area contributed by atoms with Crippen molar-refractivity contribution in [1.82, 2.24) is 0 Å². The number of carbonyl (C=O) groups excluding carboxylic acids is 2. The molecular formula is C19H13ClO4. The summed E-state index contributed by atoms with van der Waals surface area (Å²) in [7, 11) is 0. The molecule has 2 aromatic carbocycles. The van der Waals surface area contributed by atoms with Gasteiger partial charge < -0.3 is 9.15 Å². The van der Waals surface area contributed by atoms with Gasteiger partial charge in [0, 0.05) is 16.1 Å². The molecule has 0 atom stereocenters. The van der Waals surface area contributed by atoms with Crippen molar-refractivity contribution in [2.75, 3.05) is 0 Å². The van der Waals surface area contributed by atoms with Gasteiger partial charge in [0.25, 0.3) is 0 Å². The summed E-state index contributed by atoms with van der Waals surface area (Å²) in [6.45, 7) is 0.112. The molecule has 0 aliphatic heterocycles. The lowest BCUT2D eigenvalue weighted by Crippen LogP contribution is -2.05. The highest BCUT2D eigenvalue weighted by Gasteiger charge is 2.10. The number of hydrogen-bond donors (Lipinski definition) is 0. The van der Waals surface area contributed by atoms with Crippen LogP contribution in [0.2, 0.25) is 5.02 Å². The van der Waals surface area contributed by atoms with Crippen LogP contribution in [-0.4, -0.2) is 12.3 Å². The number of esters is 1. The van der Waals surface area contributed by atoms with Crippen LogP contribution in [0.3, 0.4) is 0 Å². The van der Waals surface area contributed by atoms with Gasteiger partial charge in [0.1, 0.15) is 12.4 Å². The molecule has 0 aliphatic carbocycles. The molecule has 24 heavy (non-hydrogen) atoms. The Balaban J connectivity index is 1.67. The lowest BCUT2D eigenvalue weighted by Gasteiger charge is -2.07. The standard InChI is InChI=1S/C19H13ClO4/c20-17-4-2-1-3-15(17)12-23-19(22)14-7-5-13(6-8-14)18-10-9-16(11-21)24-18/h1-11H,12H2. The molecule has 0 saturated carbocycles. The Morgan fingerprint density at radius 3 is 2.46 bits per heavy atom. The van der Waals surface area contributed by atoms with Crippen molar-refractivity contribution in [3.63, 3.8) is 0 Å². The minimum Gasteiger partial charge on any atom is -0.457 e. The lowest BCUT2D eigenvalue weighted by molar-refractivity contribution is 0.0473. The molecule has 0 aliphatic rings. The van der Waals surface area contributed by atoms with Crippen LogP contribution in [0.15, 0.2) is 65.1 Å². The van der Waals surface area contributed by atoms with Gasteiger partial charge in [0.05, 0.1) is 5.56 Å². The number of furan rings is 1. The molecule has 3 rings (SSSR count). The summed E-state index contributed by atoms with van der Waals surface area (Å²) in [6, 6.07) is 17.3. The van der Waals surface area contributed by atoms with Crippen molar-refractivity contribution in [3.05, 3.63) is 82.6 Å². The van der Waals surface area contributed by atoms with Gasteiger partial charge in [-0.1, -0.05) is 41.9 Å². The topological polar surface area (TPSA) is 56.5 Å². The summed E-state index contributed by atoms with van der Waals surface area (Å²) >= 11 is 6.03. The second-order valence-corrected chi connectivity index (χ2v) is 5.47. The van der Waals surface area contributed by atoms with Gasteiger partial charge in [0.15, 0.2) is 12.0 Å². The largest absolute Gasteiger partial charge is 0.457 e. The first-order chi connectivity index (χ1) is 11.7. The normalized spacial score (nSPS) is 10.4. The monoisotopic (exact) mass is 340 g/mol. The van der Waals surface area contributed by atoms with Crippen molar-refractivity contribution < 1.29 is 18.7 Å². The van der Waals surface area contributed by atoms with E-state index in [1.165, 1.54) is 0 Å². The summed E-state index contributed by atoms with van der Waals surface area (Å²) < 4.78 is 10.6. The van der Waals surface area contributed by atoms with E-state index in [4.69, 9.17) is 20.8 Å². The van der Waals surface area contributed by atoms with Gasteiger partial charge in [-0.2, -0.15) is 0 Å². The van der Waals surface area contributed by atoms with Crippen molar-refractivity contribution in [3.8, 4) is 11.3 Å². The van der Waals surface area contributed by atoms with Crippen LogP contribution in [0.1, 0.15) is 26.5 Å². The highest BCUT2D eigenvalue weighted by atomic mass is 35.5. The fourth-order valence-corrected chi connectivity index (χ4v) is 2.37. The van der Waals surface area contributed by atoms with E-state index < -0.39 is 5.97 Å². The fourth-order valence-electron chi connectivity index (χ4n) is 2.18. The van der Waals surface area contributed by atoms with Gasteiger partial charge in [-0.15, -0.1) is 0 Å². The molecule has 0 saturated heterocycles. The minimum atomic E-state index is -0.436. The van der Waals surface area contributed by atoms with Crippen molar-refractivity contribution in [2.24, 2.45) is 0 Å². The number of hydrogen-bond acceptors (Lipinski definition) is 4. The number of rotatable bonds is 5. The van der Waals surface area contributed by atoms with Crippen molar-refractivity contribution >= 4 is 23.9 Å². The van der Waals surface area contributed by atoms with E-state index in [1.807, 2.05) is 12.1 Å². The van der Waals surface area contributed by atoms with E-state index in [1.54, 1.807) is 48.5 Å². The molecule has 120 valence electrons. The van der Waals surface area contributed by atoms with Crippen LogP contribution in [0.25, 0.3) is 11.3 Å². The van der Waals surface area contributed by atoms with Gasteiger partial charge >= 0.3 is 5.97 Å². The molecule has 0 radical (unpaired) electrons. The Bertz CT molecular complexity index is 865. The third-order valence-corrected chi connectivity index (χ3v) is 3.83. The maximum Gasteiger partial charge on any atom is 0.338 e. The molecule has 0 amide bonds. The summed E-state index contributed by atoms with van der Waals surface area (Å²) in [5, 5.41) is 0.560. The molecule has 0 spiro atoms. The minimum absolute atomic E-state index is 0.112. The first-order valence-electron chi connectivity index (χ1n) is 7.23. The fraction of sp³-hybridized carbons (Fsp3) is 0.0526. The van der Waals surface area contributed by atoms with E-state index in [2.05, 4.69) is 0 Å². The molecule has 1 aromatic heterocycles. The van der Waals surface area contributed by atoms with Crippen LogP contribution < -0.4 is 0 Å². The number of aldehydes is 1. The number of carbonyl (C=O) groups is 2. The Hall–Kier alpha value is -2.85. The zero-order valence-electron chi connectivity index (χ0n) is 12.6. The average Bonchev–Trinajstić information content (AvgIpc) is 3.10. The van der Waals surface area contributed by atoms with Crippen molar-refractivity contribution in [1.29, 1.82) is 0 Å². The van der Waals surface area contributed by atoms with Gasteiger partial charge in [-0.25, -0.2) is 4.79 Å². The van der Waals surface area contributed by atoms with Crippen LogP contribution >= 0.6 is 11.6 Å². The molecule has 4 nitrogen and oxygen atoms in total. The number of benzene rings is 2. The predicted molar refractivity (Wildman–Crippen MR) is 90.1 cm³/mol. The van der Waals surface area contributed by atoms with Gasteiger partial charge in [-0.3, -0.25) is 4.79 Å². The maximum atomic E-state index is 12.1. The van der Waals surface area contributed by atoms with Crippen molar-refractivity contribution in [2.45, 2.75) is 6.61 Å². The molecule has 0 fully saturated rings. The smallest absolute Gasteiger partial charge is 0.338 e. The Kier molecular flexibility index (Phi) is 4.77. The maximum absolute atomic E-state index is 12.1. The Morgan fingerprint density at radius 1 is 1.04 bits per heavy atom. The quantitative estimate of drug-likeness (QED) is 0.496. The summed E-state index contributed by atoms with van der Waals surface area (Å²) in [5.41, 5.74) is 1.94. The van der Waals surface area contributed by atoms with Crippen LogP contribution in [0.5, 0.6) is 0 Å². The third-order valence-electron chi connectivity index (χ3n) is 3.46. The second-order valence-electron chi connectivity index (χ2n) is 5.06. The van der Waals surface area contributed by atoms with E-state index >= 15 is 0 Å². The zero-order chi connectivity index (χ0) is 16.9. The van der Waals surface area contributed by atoms with Gasteiger partial charge in [0.2, 0.25) is 0 Å². The predicted octanol–water partition coefficient (Wildman–Crippen LogP) is 4.77. The van der Waals surface area contributed by atoms with E-state index in [-0.39, 0.29) is 12.4 Å². The molecule has 0 unspecified atom stereocenters. The highest BCUT2D eigenvalue weighted by Crippen LogP contribution is 2.22. The van der Waals surface area contributed by atoms with Gasteiger partial charge in [-0.05, 0) is 30.3 Å². The Labute approximate surface area is 143 Å². The first kappa shape index (κ1) is 16.0. The van der Waals surface area contributed by atoms with E-state index in [0.29, 0.717) is 22.6 Å². The first-order valence-corrected chi connectivity index (χ1v) is 7.61. The molecule has 3 aromatic rings. The number of halogens is 1. The average molecular weight is 341 g/mol. The summed E-state index contributed by atoms with van der Waals surface area (Å²) in [5.74, 6) is 0.385. The summed E-state index contributed by atoms with van der Waals surface area (Å²) in [4.78, 5) is 22.7. The molecule has 0 N–H and O–H groups in total. The van der Waals surface area contributed by atoms with E-state index in [9.17, 15) is 9.59 Å². The third kappa shape index (κ3) is 3.55. The van der Waals surface area contributed by atoms with Crippen LogP contribution in [0, 0.1) is 0 Å². The molecule has 0 bridgehead atoms. The summed E-state index contributed by atoms with van der Waals surface area (Å²) in [6.07, 6.45) is 0.643. The highest BCUT2D eigenvalue weighted by molar-refractivity contribution is 6.31. The van der Waals surface area contributed by atoms with Crippen LogP contribution in [-0.2, 0) is 11.3 Å². The Morgan fingerprint density at radius 2 is 1.79 bits per heavy atom. The molecule has 5 heteroatoms. The SMILES string of the molecule is O=Cc1ccc(-c2ccc(C(=O)OCc3ccccc3Cl)cc2)o1. The second kappa shape index (κ2) is 7.15. The molecule has 1 heterocycles. The zero-order valence-corrected chi connectivity index (χ0v) is 13.3. The molecular weight excluding hydrogens is 328 g/mol. The number of ether oxygens (including phenoxy) is 1. The lowest BCUT2D eigenvalue weighted by atomic mass is 10.1. The van der Waals surface area contributed by atoms with Crippen LogP contribution in [0.4, 0.5) is 0 Å².